The Kier molecular flexibility index (Phi) is 6.19. The van der Waals surface area contributed by atoms with Gasteiger partial charge in [-0.05, 0) is 41.8 Å². The summed E-state index contributed by atoms with van der Waals surface area (Å²) in [5.41, 5.74) is 1.86. The molecule has 6 nitrogen and oxygen atoms in total. The SMILES string of the molecule is NS(=O)(=O)c1ccc(CNC(=O)NCCc2ccc(Cl)cc2)cc1. The minimum atomic E-state index is -3.70. The first-order valence-corrected chi connectivity index (χ1v) is 9.15. The summed E-state index contributed by atoms with van der Waals surface area (Å²) in [4.78, 5) is 11.8. The van der Waals surface area contributed by atoms with Crippen molar-refractivity contribution in [3.05, 3.63) is 64.7 Å². The van der Waals surface area contributed by atoms with Crippen molar-refractivity contribution in [1.82, 2.24) is 10.6 Å². The number of nitrogens with one attached hydrogen (secondary N) is 2. The van der Waals surface area contributed by atoms with Gasteiger partial charge in [0.15, 0.2) is 0 Å². The van der Waals surface area contributed by atoms with Crippen LogP contribution in [-0.2, 0) is 23.0 Å². The number of urea groups is 1. The number of primary sulfonamides is 1. The molecular weight excluding hydrogens is 350 g/mol. The highest BCUT2D eigenvalue weighted by atomic mass is 35.5. The van der Waals surface area contributed by atoms with Crippen LogP contribution in [0, 0.1) is 0 Å². The molecule has 0 spiro atoms. The second-order valence-corrected chi connectivity index (χ2v) is 7.17. The van der Waals surface area contributed by atoms with Crippen LogP contribution in [-0.4, -0.2) is 21.0 Å². The molecule has 0 unspecified atom stereocenters. The number of halogens is 1. The number of amides is 2. The summed E-state index contributed by atoms with van der Waals surface area (Å²) >= 11 is 5.81. The molecule has 24 heavy (non-hydrogen) atoms. The van der Waals surface area contributed by atoms with Crippen LogP contribution in [0.4, 0.5) is 4.79 Å². The number of nitrogens with two attached hydrogens (primary N) is 1. The first kappa shape index (κ1) is 18.3. The molecule has 0 fully saturated rings. The van der Waals surface area contributed by atoms with Crippen molar-refractivity contribution in [1.29, 1.82) is 0 Å². The molecule has 2 rings (SSSR count). The van der Waals surface area contributed by atoms with Gasteiger partial charge in [0.1, 0.15) is 0 Å². The van der Waals surface area contributed by atoms with Crippen LogP contribution < -0.4 is 15.8 Å². The van der Waals surface area contributed by atoms with Crippen LogP contribution in [0.3, 0.4) is 0 Å². The lowest BCUT2D eigenvalue weighted by Crippen LogP contribution is -2.36. The van der Waals surface area contributed by atoms with Crippen LogP contribution >= 0.6 is 11.6 Å². The molecule has 0 saturated carbocycles. The van der Waals surface area contributed by atoms with Crippen molar-refractivity contribution < 1.29 is 13.2 Å². The number of benzene rings is 2. The Hall–Kier alpha value is -2.09. The van der Waals surface area contributed by atoms with E-state index in [-0.39, 0.29) is 17.5 Å². The summed E-state index contributed by atoms with van der Waals surface area (Å²) in [6.45, 7) is 0.787. The monoisotopic (exact) mass is 367 g/mol. The summed E-state index contributed by atoms with van der Waals surface area (Å²) < 4.78 is 22.3. The number of hydrogen-bond acceptors (Lipinski definition) is 3. The van der Waals surface area contributed by atoms with Crippen molar-refractivity contribution in [2.75, 3.05) is 6.54 Å². The van der Waals surface area contributed by atoms with E-state index in [9.17, 15) is 13.2 Å². The maximum Gasteiger partial charge on any atom is 0.315 e. The van der Waals surface area contributed by atoms with E-state index < -0.39 is 10.0 Å². The van der Waals surface area contributed by atoms with Crippen LogP contribution in [0.1, 0.15) is 11.1 Å². The molecule has 2 amide bonds. The molecule has 0 aliphatic heterocycles. The first-order chi connectivity index (χ1) is 11.3. The van der Waals surface area contributed by atoms with Crippen molar-refractivity contribution in [3.8, 4) is 0 Å². The van der Waals surface area contributed by atoms with Crippen molar-refractivity contribution in [2.45, 2.75) is 17.9 Å². The van der Waals surface area contributed by atoms with Gasteiger partial charge in [0.2, 0.25) is 10.0 Å². The van der Waals surface area contributed by atoms with Crippen LogP contribution in [0.15, 0.2) is 53.4 Å². The highest BCUT2D eigenvalue weighted by Crippen LogP contribution is 2.10. The van der Waals surface area contributed by atoms with Gasteiger partial charge in [0.05, 0.1) is 4.90 Å². The van der Waals surface area contributed by atoms with E-state index in [1.165, 1.54) is 12.1 Å². The van der Waals surface area contributed by atoms with Gasteiger partial charge in [0.25, 0.3) is 0 Å². The van der Waals surface area contributed by atoms with E-state index in [0.29, 0.717) is 18.0 Å². The Bertz CT molecular complexity index is 790. The fraction of sp³-hybridized carbons (Fsp3) is 0.188. The molecule has 8 heteroatoms. The Morgan fingerprint density at radius 1 is 0.958 bits per heavy atom. The third-order valence-corrected chi connectivity index (χ3v) is 4.50. The van der Waals surface area contributed by atoms with Gasteiger partial charge in [-0.3, -0.25) is 0 Å². The lowest BCUT2D eigenvalue weighted by Gasteiger charge is -2.08. The van der Waals surface area contributed by atoms with Crippen molar-refractivity contribution >= 4 is 27.7 Å². The fourth-order valence-corrected chi connectivity index (χ4v) is 2.65. The van der Waals surface area contributed by atoms with Crippen molar-refractivity contribution in [3.63, 3.8) is 0 Å². The summed E-state index contributed by atoms with van der Waals surface area (Å²) in [7, 11) is -3.70. The third-order valence-electron chi connectivity index (χ3n) is 3.32. The standard InChI is InChI=1S/C16H18ClN3O3S/c17-14-5-1-12(2-6-14)9-10-19-16(21)20-11-13-3-7-15(8-4-13)24(18,22)23/h1-8H,9-11H2,(H2,18,22,23)(H2,19,20,21). The normalized spacial score (nSPS) is 11.1. The van der Waals surface area contributed by atoms with Gasteiger partial charge in [-0.15, -0.1) is 0 Å². The van der Waals surface area contributed by atoms with E-state index >= 15 is 0 Å². The Morgan fingerprint density at radius 2 is 1.54 bits per heavy atom. The molecule has 0 aromatic heterocycles. The number of hydrogen-bond donors (Lipinski definition) is 3. The Labute approximate surface area is 146 Å². The maximum absolute atomic E-state index is 11.7. The molecule has 2 aromatic rings. The second-order valence-electron chi connectivity index (χ2n) is 5.17. The van der Waals surface area contributed by atoms with E-state index in [1.54, 1.807) is 12.1 Å². The van der Waals surface area contributed by atoms with Gasteiger partial charge >= 0.3 is 6.03 Å². The van der Waals surface area contributed by atoms with Crippen LogP contribution in [0.5, 0.6) is 0 Å². The molecule has 0 bridgehead atoms. The third kappa shape index (κ3) is 5.84. The lowest BCUT2D eigenvalue weighted by atomic mass is 10.1. The average molecular weight is 368 g/mol. The average Bonchev–Trinajstić information content (AvgIpc) is 2.54. The van der Waals surface area contributed by atoms with Gasteiger partial charge in [-0.2, -0.15) is 0 Å². The van der Waals surface area contributed by atoms with Gasteiger partial charge < -0.3 is 10.6 Å². The summed E-state index contributed by atoms with van der Waals surface area (Å²) in [6.07, 6.45) is 0.702. The maximum atomic E-state index is 11.7. The van der Waals surface area contributed by atoms with E-state index in [2.05, 4.69) is 10.6 Å². The predicted octanol–water partition coefficient (Wildman–Crippen LogP) is 2.03. The number of rotatable bonds is 6. The smallest absolute Gasteiger partial charge is 0.315 e. The molecule has 2 aromatic carbocycles. The number of carbonyl (C=O) groups is 1. The first-order valence-electron chi connectivity index (χ1n) is 7.22. The summed E-state index contributed by atoms with van der Waals surface area (Å²) in [6, 6.07) is 13.2. The molecule has 0 radical (unpaired) electrons. The van der Waals surface area contributed by atoms with Crippen LogP contribution in [0.25, 0.3) is 0 Å². The Morgan fingerprint density at radius 3 is 2.12 bits per heavy atom. The molecule has 0 aliphatic rings. The molecule has 4 N–H and O–H groups in total. The minimum Gasteiger partial charge on any atom is -0.338 e. The highest BCUT2D eigenvalue weighted by Gasteiger charge is 2.07. The zero-order valence-corrected chi connectivity index (χ0v) is 14.4. The highest BCUT2D eigenvalue weighted by molar-refractivity contribution is 7.89. The van der Waals surface area contributed by atoms with E-state index in [0.717, 1.165) is 11.1 Å². The fourth-order valence-electron chi connectivity index (χ4n) is 2.01. The molecule has 0 aliphatic carbocycles. The van der Waals surface area contributed by atoms with E-state index in [4.69, 9.17) is 16.7 Å². The predicted molar refractivity (Wildman–Crippen MR) is 93.2 cm³/mol. The zero-order chi connectivity index (χ0) is 17.6. The molecule has 128 valence electrons. The summed E-state index contributed by atoms with van der Waals surface area (Å²) in [5.74, 6) is 0. The largest absolute Gasteiger partial charge is 0.338 e. The van der Waals surface area contributed by atoms with Gasteiger partial charge in [-0.1, -0.05) is 35.9 Å². The second kappa shape index (κ2) is 8.14. The quantitative estimate of drug-likeness (QED) is 0.728. The van der Waals surface area contributed by atoms with Crippen LogP contribution in [0.2, 0.25) is 5.02 Å². The van der Waals surface area contributed by atoms with E-state index in [1.807, 2.05) is 24.3 Å². The lowest BCUT2D eigenvalue weighted by molar-refractivity contribution is 0.240. The molecule has 0 saturated heterocycles. The molecular formula is C16H18ClN3O3S. The Balaban J connectivity index is 1.74. The molecule has 0 heterocycles. The van der Waals surface area contributed by atoms with Crippen molar-refractivity contribution in [2.24, 2.45) is 5.14 Å². The zero-order valence-electron chi connectivity index (χ0n) is 12.8. The molecule has 0 atom stereocenters. The van der Waals surface area contributed by atoms with Gasteiger partial charge in [0, 0.05) is 18.1 Å². The number of carbonyl (C=O) groups excluding carboxylic acids is 1. The van der Waals surface area contributed by atoms with Gasteiger partial charge in [-0.25, -0.2) is 18.4 Å². The number of sulfonamides is 1. The topological polar surface area (TPSA) is 101 Å². The summed E-state index contributed by atoms with van der Waals surface area (Å²) in [5, 5.41) is 11.2. The minimum absolute atomic E-state index is 0.0404.